The second kappa shape index (κ2) is 6.51. The highest BCUT2D eigenvalue weighted by Gasteiger charge is 2.17. The molecule has 1 N–H and O–H groups in total. The molecular formula is C12H16BrN3O3. The fourth-order valence-electron chi connectivity index (χ4n) is 1.36. The highest BCUT2D eigenvalue weighted by molar-refractivity contribution is 9.10. The average Bonchev–Trinajstić information content (AvgIpc) is 2.57. The van der Waals surface area contributed by atoms with Crippen LogP contribution in [0.5, 0.6) is 0 Å². The SMILES string of the molecule is CCOC(=O)/C=C(\C)NC(=O)c1nn(C)c(C)c1Br. The van der Waals surface area contributed by atoms with Gasteiger partial charge in [-0.1, -0.05) is 0 Å². The van der Waals surface area contributed by atoms with Gasteiger partial charge in [0.25, 0.3) is 5.91 Å². The van der Waals surface area contributed by atoms with Crippen LogP contribution < -0.4 is 5.32 Å². The van der Waals surface area contributed by atoms with Gasteiger partial charge in [0.15, 0.2) is 5.69 Å². The molecule has 19 heavy (non-hydrogen) atoms. The van der Waals surface area contributed by atoms with E-state index in [0.717, 1.165) is 5.69 Å². The minimum Gasteiger partial charge on any atom is -0.463 e. The molecule has 0 unspecified atom stereocenters. The summed E-state index contributed by atoms with van der Waals surface area (Å²) in [5, 5.41) is 6.67. The van der Waals surface area contributed by atoms with Crippen molar-refractivity contribution in [3.8, 4) is 0 Å². The van der Waals surface area contributed by atoms with E-state index < -0.39 is 5.97 Å². The lowest BCUT2D eigenvalue weighted by molar-refractivity contribution is -0.137. The molecule has 0 aliphatic rings. The highest BCUT2D eigenvalue weighted by Crippen LogP contribution is 2.19. The van der Waals surface area contributed by atoms with E-state index >= 15 is 0 Å². The van der Waals surface area contributed by atoms with Gasteiger partial charge >= 0.3 is 5.97 Å². The Morgan fingerprint density at radius 3 is 2.63 bits per heavy atom. The average molecular weight is 330 g/mol. The molecular weight excluding hydrogens is 314 g/mol. The number of nitrogens with one attached hydrogen (secondary N) is 1. The standard InChI is InChI=1S/C12H16BrN3O3/c1-5-19-9(17)6-7(2)14-12(18)11-10(13)8(3)16(4)15-11/h6H,5H2,1-4H3,(H,14,18)/b7-6+. The summed E-state index contributed by atoms with van der Waals surface area (Å²) in [4.78, 5) is 23.2. The Kier molecular flexibility index (Phi) is 5.29. The van der Waals surface area contributed by atoms with Crippen LogP contribution in [0.2, 0.25) is 0 Å². The first-order chi connectivity index (χ1) is 8.86. The molecule has 0 saturated heterocycles. The summed E-state index contributed by atoms with van der Waals surface area (Å²) in [7, 11) is 1.75. The van der Waals surface area contributed by atoms with Gasteiger partial charge in [0.2, 0.25) is 0 Å². The van der Waals surface area contributed by atoms with Crippen LogP contribution in [-0.2, 0) is 16.6 Å². The molecule has 7 heteroatoms. The summed E-state index contributed by atoms with van der Waals surface area (Å²) in [6, 6.07) is 0. The summed E-state index contributed by atoms with van der Waals surface area (Å²) in [5.74, 6) is -0.870. The number of aromatic nitrogens is 2. The van der Waals surface area contributed by atoms with Crippen molar-refractivity contribution in [3.05, 3.63) is 27.6 Å². The zero-order chi connectivity index (χ0) is 14.6. The molecule has 0 fully saturated rings. The summed E-state index contributed by atoms with van der Waals surface area (Å²) >= 11 is 3.31. The number of aryl methyl sites for hydroxylation is 1. The van der Waals surface area contributed by atoms with E-state index in [1.54, 1.807) is 25.6 Å². The maximum atomic E-state index is 12.0. The van der Waals surface area contributed by atoms with Crippen molar-refractivity contribution >= 4 is 27.8 Å². The summed E-state index contributed by atoms with van der Waals surface area (Å²) in [6.45, 7) is 5.46. The number of halogens is 1. The monoisotopic (exact) mass is 329 g/mol. The molecule has 0 aliphatic carbocycles. The molecule has 1 amide bonds. The Morgan fingerprint density at radius 2 is 2.16 bits per heavy atom. The topological polar surface area (TPSA) is 73.2 Å². The van der Waals surface area contributed by atoms with Gasteiger partial charge in [0.05, 0.1) is 16.8 Å². The van der Waals surface area contributed by atoms with E-state index in [2.05, 4.69) is 26.3 Å². The van der Waals surface area contributed by atoms with Crippen LogP contribution in [-0.4, -0.2) is 28.3 Å². The Balaban J connectivity index is 2.80. The zero-order valence-electron chi connectivity index (χ0n) is 11.3. The van der Waals surface area contributed by atoms with Crippen molar-refractivity contribution in [2.75, 3.05) is 6.61 Å². The van der Waals surface area contributed by atoms with Crippen molar-refractivity contribution in [2.45, 2.75) is 20.8 Å². The molecule has 1 heterocycles. The number of ether oxygens (including phenoxy) is 1. The number of amides is 1. The maximum Gasteiger partial charge on any atom is 0.332 e. The van der Waals surface area contributed by atoms with E-state index in [0.29, 0.717) is 16.8 Å². The van der Waals surface area contributed by atoms with Crippen LogP contribution in [0, 0.1) is 6.92 Å². The lowest BCUT2D eigenvalue weighted by Gasteiger charge is -2.03. The first-order valence-electron chi connectivity index (χ1n) is 5.72. The molecule has 0 saturated carbocycles. The maximum absolute atomic E-state index is 12.0. The Labute approximate surface area is 119 Å². The number of carbonyl (C=O) groups is 2. The molecule has 0 aromatic carbocycles. The normalized spacial score (nSPS) is 11.3. The van der Waals surface area contributed by atoms with Gasteiger partial charge in [0, 0.05) is 18.8 Å². The predicted octanol–water partition coefficient (Wildman–Crippen LogP) is 1.69. The first-order valence-corrected chi connectivity index (χ1v) is 6.51. The quantitative estimate of drug-likeness (QED) is 0.673. The van der Waals surface area contributed by atoms with E-state index in [4.69, 9.17) is 4.74 Å². The fourth-order valence-corrected chi connectivity index (χ4v) is 1.88. The zero-order valence-corrected chi connectivity index (χ0v) is 12.9. The third-order valence-electron chi connectivity index (χ3n) is 2.41. The van der Waals surface area contributed by atoms with Gasteiger partial charge in [-0.3, -0.25) is 9.48 Å². The van der Waals surface area contributed by atoms with Crippen molar-refractivity contribution in [1.29, 1.82) is 0 Å². The van der Waals surface area contributed by atoms with Crippen molar-refractivity contribution in [2.24, 2.45) is 7.05 Å². The molecule has 104 valence electrons. The molecule has 1 rings (SSSR count). The van der Waals surface area contributed by atoms with Gasteiger partial charge in [-0.05, 0) is 36.7 Å². The first kappa shape index (κ1) is 15.4. The van der Waals surface area contributed by atoms with Gasteiger partial charge in [0.1, 0.15) is 0 Å². The van der Waals surface area contributed by atoms with Crippen LogP contribution in [0.4, 0.5) is 0 Å². The molecule has 1 aromatic rings. The number of rotatable bonds is 4. The molecule has 6 nitrogen and oxygen atoms in total. The second-order valence-corrected chi connectivity index (χ2v) is 4.70. The Morgan fingerprint density at radius 1 is 1.53 bits per heavy atom. The number of carbonyl (C=O) groups excluding carboxylic acids is 2. The third kappa shape index (κ3) is 3.92. The number of allylic oxidation sites excluding steroid dienone is 1. The summed E-state index contributed by atoms with van der Waals surface area (Å²) < 4.78 is 6.99. The van der Waals surface area contributed by atoms with Gasteiger partial charge in [-0.2, -0.15) is 5.10 Å². The van der Waals surface area contributed by atoms with Gasteiger partial charge in [-0.25, -0.2) is 4.79 Å². The summed E-state index contributed by atoms with van der Waals surface area (Å²) in [5.41, 5.74) is 1.52. The molecule has 0 radical (unpaired) electrons. The van der Waals surface area contributed by atoms with E-state index in [-0.39, 0.29) is 11.6 Å². The summed E-state index contributed by atoms with van der Waals surface area (Å²) in [6.07, 6.45) is 1.23. The number of hydrogen-bond acceptors (Lipinski definition) is 4. The second-order valence-electron chi connectivity index (χ2n) is 3.91. The third-order valence-corrected chi connectivity index (χ3v) is 3.36. The molecule has 0 spiro atoms. The minimum atomic E-state index is -0.489. The van der Waals surface area contributed by atoms with Crippen molar-refractivity contribution in [3.63, 3.8) is 0 Å². The van der Waals surface area contributed by atoms with Crippen LogP contribution in [0.3, 0.4) is 0 Å². The smallest absolute Gasteiger partial charge is 0.332 e. The number of hydrogen-bond donors (Lipinski definition) is 1. The lowest BCUT2D eigenvalue weighted by Crippen LogP contribution is -2.23. The highest BCUT2D eigenvalue weighted by atomic mass is 79.9. The van der Waals surface area contributed by atoms with Crippen molar-refractivity contribution in [1.82, 2.24) is 15.1 Å². The Hall–Kier alpha value is -1.63. The number of esters is 1. The molecule has 0 bridgehead atoms. The van der Waals surface area contributed by atoms with E-state index in [9.17, 15) is 9.59 Å². The van der Waals surface area contributed by atoms with E-state index in [1.165, 1.54) is 6.08 Å². The van der Waals surface area contributed by atoms with Crippen LogP contribution in [0.25, 0.3) is 0 Å². The minimum absolute atomic E-state index is 0.275. The van der Waals surface area contributed by atoms with Crippen LogP contribution in [0.15, 0.2) is 16.2 Å². The number of nitrogens with zero attached hydrogens (tertiary/aromatic N) is 2. The molecule has 1 aromatic heterocycles. The molecule has 0 atom stereocenters. The van der Waals surface area contributed by atoms with Crippen molar-refractivity contribution < 1.29 is 14.3 Å². The lowest BCUT2D eigenvalue weighted by atomic mass is 10.3. The molecule has 0 aliphatic heterocycles. The Bertz CT molecular complexity index is 535. The predicted molar refractivity (Wildman–Crippen MR) is 73.5 cm³/mol. The fraction of sp³-hybridized carbons (Fsp3) is 0.417. The van der Waals surface area contributed by atoms with Crippen LogP contribution in [0.1, 0.15) is 30.0 Å². The van der Waals surface area contributed by atoms with Gasteiger partial charge in [-0.15, -0.1) is 0 Å². The van der Waals surface area contributed by atoms with E-state index in [1.807, 2.05) is 6.92 Å². The largest absolute Gasteiger partial charge is 0.463 e. The van der Waals surface area contributed by atoms with Gasteiger partial charge < -0.3 is 10.1 Å². The van der Waals surface area contributed by atoms with Crippen LogP contribution >= 0.6 is 15.9 Å².